The van der Waals surface area contributed by atoms with Crippen LogP contribution in [0.2, 0.25) is 0 Å². The molecule has 1 saturated carbocycles. The Morgan fingerprint density at radius 2 is 0.979 bits per heavy atom. The Morgan fingerprint density at radius 3 is 1.38 bits per heavy atom. The van der Waals surface area contributed by atoms with E-state index < -0.39 is 51.9 Å². The van der Waals surface area contributed by atoms with Crippen LogP contribution in [0, 0.1) is 11.8 Å². The van der Waals surface area contributed by atoms with Crippen molar-refractivity contribution in [3.05, 3.63) is 77.4 Å². The zero-order chi connectivity index (χ0) is 35.0. The molecule has 5 aliphatic heterocycles. The zero-order valence-corrected chi connectivity index (χ0v) is 25.4. The van der Waals surface area contributed by atoms with E-state index in [2.05, 4.69) is 23.1 Å². The fourth-order valence-electron chi connectivity index (χ4n) is 4.76. The van der Waals surface area contributed by atoms with Crippen LogP contribution < -0.4 is 0 Å². The fourth-order valence-corrected chi connectivity index (χ4v) is 5.80. The average molecular weight is 685 g/mol. The van der Waals surface area contributed by atoms with Gasteiger partial charge in [-0.05, 0) is 37.1 Å². The van der Waals surface area contributed by atoms with Gasteiger partial charge in [0.15, 0.2) is 0 Å². The summed E-state index contributed by atoms with van der Waals surface area (Å²) in [4.78, 5) is 94.3. The number of ether oxygens (including phenoxy) is 4. The molecule has 2 atom stereocenters. The van der Waals surface area contributed by atoms with Gasteiger partial charge in [-0.2, -0.15) is 8.42 Å². The molecule has 1 aliphatic carbocycles. The fraction of sp³-hybridized carbons (Fsp3) is 0.258. The van der Waals surface area contributed by atoms with E-state index in [0.717, 1.165) is 37.8 Å². The third kappa shape index (κ3) is 8.69. The Balaban J connectivity index is 0.000000138. The van der Waals surface area contributed by atoms with E-state index >= 15 is 0 Å². The van der Waals surface area contributed by atoms with Gasteiger partial charge in [-0.15, -0.1) is 0 Å². The highest BCUT2D eigenvalue weighted by atomic mass is 32.2. The lowest BCUT2D eigenvalue weighted by atomic mass is 9.81. The molecule has 48 heavy (non-hydrogen) atoms. The highest BCUT2D eigenvalue weighted by Gasteiger charge is 2.45. The van der Waals surface area contributed by atoms with Gasteiger partial charge in [0, 0.05) is 12.2 Å². The van der Waals surface area contributed by atoms with Crippen LogP contribution in [0.5, 0.6) is 0 Å². The Morgan fingerprint density at radius 1 is 0.521 bits per heavy atom. The number of carbonyl (C=O) groups excluding carboxylic acids is 9. The van der Waals surface area contributed by atoms with Crippen molar-refractivity contribution in [2.75, 3.05) is 0 Å². The smallest absolute Gasteiger partial charge is 0.355 e. The third-order valence-electron chi connectivity index (χ3n) is 7.00. The second kappa shape index (κ2) is 15.2. The summed E-state index contributed by atoms with van der Waals surface area (Å²) >= 11 is 0. The van der Waals surface area contributed by atoms with Crippen molar-refractivity contribution in [3.63, 3.8) is 0 Å². The van der Waals surface area contributed by atoms with E-state index in [1.807, 2.05) is 0 Å². The largest absolute Gasteiger partial charge is 0.393 e. The van der Waals surface area contributed by atoms with Gasteiger partial charge in [-0.1, -0.05) is 37.1 Å². The first-order valence-electron chi connectivity index (χ1n) is 14.1. The molecule has 16 nitrogen and oxygen atoms in total. The van der Waals surface area contributed by atoms with E-state index in [0.29, 0.717) is 11.1 Å². The predicted molar refractivity (Wildman–Crippen MR) is 152 cm³/mol. The summed E-state index contributed by atoms with van der Waals surface area (Å²) in [5, 5.41) is 0. The monoisotopic (exact) mass is 684 g/mol. The second-order valence-electron chi connectivity index (χ2n) is 10.2. The van der Waals surface area contributed by atoms with Crippen molar-refractivity contribution in [2.45, 2.75) is 43.4 Å². The SMILES string of the molecule is O=C1C=CC(=O)O1.O=C1CCC(=O)O1.O=C1OC(=O)C2CCCCC12.O=C1OC(=O)c2ccccc21.O=C1OS(=O)(=O)c2ccccc21. The van der Waals surface area contributed by atoms with Gasteiger partial charge in [-0.3, -0.25) is 19.2 Å². The number of esters is 8. The molecule has 5 heterocycles. The maximum Gasteiger partial charge on any atom is 0.355 e. The summed E-state index contributed by atoms with van der Waals surface area (Å²) in [6.07, 6.45) is 6.50. The summed E-state index contributed by atoms with van der Waals surface area (Å²) in [5.74, 6) is -4.64. The first-order valence-corrected chi connectivity index (χ1v) is 15.5. The number of carbonyl (C=O) groups is 9. The molecule has 8 rings (SSSR count). The number of hydrogen-bond acceptors (Lipinski definition) is 16. The molecular weight excluding hydrogens is 660 g/mol. The van der Waals surface area contributed by atoms with Gasteiger partial charge in [0.1, 0.15) is 4.90 Å². The van der Waals surface area contributed by atoms with Crippen LogP contribution >= 0.6 is 0 Å². The number of fused-ring (bicyclic) bond motifs is 3. The summed E-state index contributed by atoms with van der Waals surface area (Å²) in [7, 11) is -3.80. The third-order valence-corrected chi connectivity index (χ3v) is 8.27. The minimum absolute atomic E-state index is 0.0463. The number of cyclic esters (lactones) is 8. The van der Waals surface area contributed by atoms with E-state index in [1.165, 1.54) is 12.1 Å². The van der Waals surface area contributed by atoms with Crippen LogP contribution in [-0.4, -0.2) is 62.1 Å². The van der Waals surface area contributed by atoms with Crippen molar-refractivity contribution in [1.82, 2.24) is 0 Å². The highest BCUT2D eigenvalue weighted by Crippen LogP contribution is 2.36. The molecule has 0 spiro atoms. The molecule has 0 N–H and O–H groups in total. The van der Waals surface area contributed by atoms with E-state index in [4.69, 9.17) is 0 Å². The topological polar surface area (TPSA) is 234 Å². The van der Waals surface area contributed by atoms with E-state index in [-0.39, 0.29) is 47.1 Å². The lowest BCUT2D eigenvalue weighted by molar-refractivity contribution is -0.155. The van der Waals surface area contributed by atoms with Crippen LogP contribution in [0.15, 0.2) is 65.6 Å². The minimum Gasteiger partial charge on any atom is -0.393 e. The normalized spacial score (nSPS) is 21.9. The summed E-state index contributed by atoms with van der Waals surface area (Å²) < 4.78 is 43.1. The highest BCUT2D eigenvalue weighted by molar-refractivity contribution is 7.87. The summed E-state index contributed by atoms with van der Waals surface area (Å²) in [5.41, 5.74) is 0.826. The second-order valence-corrected chi connectivity index (χ2v) is 11.7. The van der Waals surface area contributed by atoms with Crippen LogP contribution in [0.4, 0.5) is 0 Å². The van der Waals surface area contributed by atoms with Crippen LogP contribution in [0.1, 0.15) is 69.6 Å². The van der Waals surface area contributed by atoms with Gasteiger partial charge in [0.25, 0.3) is 0 Å². The molecular formula is C31H24O16S. The number of benzene rings is 2. The lowest BCUT2D eigenvalue weighted by Crippen LogP contribution is -2.21. The standard InChI is InChI=1S/C8H10O3.C8H4O3.C7H4O4S.C4H4O3.C4H2O3/c2*9-7-5-3-1-2-4-6(5)8(10)11-7;8-7-5-3-1-2-4-6(5)12(9,10)11-7;2*5-3-1-2-4(6)7-3/h5-6H,1-4H2;1-4H;1-4H;1-2H2;1-2H. The quantitative estimate of drug-likeness (QED) is 0.167. The first-order chi connectivity index (χ1) is 22.8. The van der Waals surface area contributed by atoms with Gasteiger partial charge in [-0.25, -0.2) is 24.0 Å². The molecule has 2 aromatic carbocycles. The summed E-state index contributed by atoms with van der Waals surface area (Å²) in [6.45, 7) is 0. The molecule has 0 aromatic heterocycles. The molecule has 0 bridgehead atoms. The Bertz CT molecular complexity index is 1770. The van der Waals surface area contributed by atoms with Crippen molar-refractivity contribution in [3.8, 4) is 0 Å². The van der Waals surface area contributed by atoms with Crippen LogP contribution in [0.3, 0.4) is 0 Å². The number of rotatable bonds is 0. The van der Waals surface area contributed by atoms with Crippen LogP contribution in [-0.2, 0) is 62.0 Å². The zero-order valence-electron chi connectivity index (χ0n) is 24.6. The molecule has 3 fully saturated rings. The molecule has 250 valence electrons. The Hall–Kier alpha value is -5.84. The van der Waals surface area contributed by atoms with Crippen LogP contribution in [0.25, 0.3) is 0 Å². The Kier molecular flexibility index (Phi) is 11.1. The van der Waals surface area contributed by atoms with Gasteiger partial charge in [0.05, 0.1) is 41.4 Å². The molecule has 2 saturated heterocycles. The van der Waals surface area contributed by atoms with Crippen molar-refractivity contribution in [1.29, 1.82) is 0 Å². The minimum atomic E-state index is -3.80. The van der Waals surface area contributed by atoms with Gasteiger partial charge < -0.3 is 23.1 Å². The van der Waals surface area contributed by atoms with E-state index in [1.54, 1.807) is 36.4 Å². The van der Waals surface area contributed by atoms with Crippen molar-refractivity contribution in [2.24, 2.45) is 11.8 Å². The Labute approximate surface area is 271 Å². The molecule has 0 radical (unpaired) electrons. The average Bonchev–Trinajstić information content (AvgIpc) is 3.84. The maximum atomic E-state index is 11.0. The molecule has 17 heteroatoms. The van der Waals surface area contributed by atoms with Crippen molar-refractivity contribution >= 4 is 63.8 Å². The van der Waals surface area contributed by atoms with Gasteiger partial charge in [0.2, 0.25) is 0 Å². The molecule has 6 aliphatic rings. The molecule has 2 unspecified atom stereocenters. The van der Waals surface area contributed by atoms with E-state index in [9.17, 15) is 51.6 Å². The van der Waals surface area contributed by atoms with Crippen molar-refractivity contribution < 1.29 is 74.7 Å². The summed E-state index contributed by atoms with van der Waals surface area (Å²) in [6, 6.07) is 12.4. The van der Waals surface area contributed by atoms with Gasteiger partial charge >= 0.3 is 63.8 Å². The molecule has 2 aromatic rings. The molecule has 0 amide bonds. The lowest BCUT2D eigenvalue weighted by Gasteiger charge is -2.18. The number of hydrogen-bond donors (Lipinski definition) is 0. The predicted octanol–water partition coefficient (Wildman–Crippen LogP) is 1.90. The first kappa shape index (κ1) is 35.0. The maximum absolute atomic E-state index is 11.0.